The molecule has 1 aliphatic heterocycles. The van der Waals surface area contributed by atoms with Gasteiger partial charge in [-0.15, -0.1) is 0 Å². The Balaban J connectivity index is 2.37. The molecular weight excluding hydrogens is 254 g/mol. The highest BCUT2D eigenvalue weighted by Crippen LogP contribution is 2.35. The Bertz CT molecular complexity index is 376. The Hall–Kier alpha value is -0.770. The summed E-state index contributed by atoms with van der Waals surface area (Å²) in [5, 5.41) is 0. The van der Waals surface area contributed by atoms with E-state index in [1.165, 1.54) is 12.8 Å². The van der Waals surface area contributed by atoms with Crippen molar-refractivity contribution in [2.45, 2.75) is 32.2 Å². The number of pyridine rings is 1. The number of hydrogen-bond acceptors (Lipinski definition) is 3. The largest absolute Gasteiger partial charge is 0.396 e. The molecule has 1 saturated heterocycles. The highest BCUT2D eigenvalue weighted by Gasteiger charge is 2.33. The Morgan fingerprint density at radius 3 is 2.80 bits per heavy atom. The molecule has 2 N–H and O–H groups in total. The number of nitrogen functional groups attached to an aromatic ring is 1. The van der Waals surface area contributed by atoms with Crippen LogP contribution in [0.15, 0.2) is 16.7 Å². The summed E-state index contributed by atoms with van der Waals surface area (Å²) in [7, 11) is 0. The van der Waals surface area contributed by atoms with Crippen LogP contribution in [0.2, 0.25) is 0 Å². The molecule has 0 spiro atoms. The van der Waals surface area contributed by atoms with Crippen molar-refractivity contribution < 1.29 is 0 Å². The summed E-state index contributed by atoms with van der Waals surface area (Å²) in [6, 6.07) is 1.91. The van der Waals surface area contributed by atoms with Crippen molar-refractivity contribution in [3.05, 3.63) is 16.7 Å². The molecule has 0 aliphatic carbocycles. The molecule has 0 aromatic carbocycles. The molecule has 2 heterocycles. The molecule has 0 amide bonds. The van der Waals surface area contributed by atoms with Crippen LogP contribution in [0.4, 0.5) is 11.5 Å². The fourth-order valence-electron chi connectivity index (χ4n) is 2.17. The van der Waals surface area contributed by atoms with Crippen LogP contribution in [-0.4, -0.2) is 17.1 Å². The van der Waals surface area contributed by atoms with Gasteiger partial charge in [-0.3, -0.25) is 0 Å². The van der Waals surface area contributed by atoms with Crippen LogP contribution in [0.25, 0.3) is 0 Å². The van der Waals surface area contributed by atoms with Gasteiger partial charge >= 0.3 is 0 Å². The summed E-state index contributed by atoms with van der Waals surface area (Å²) in [5.74, 6) is 0.917. The van der Waals surface area contributed by atoms with Crippen molar-refractivity contribution in [2.75, 3.05) is 17.2 Å². The van der Waals surface area contributed by atoms with E-state index >= 15 is 0 Å². The number of halogens is 1. The van der Waals surface area contributed by atoms with Crippen LogP contribution in [-0.2, 0) is 0 Å². The van der Waals surface area contributed by atoms with E-state index in [1.54, 1.807) is 6.20 Å². The van der Waals surface area contributed by atoms with E-state index in [0.717, 1.165) is 22.5 Å². The van der Waals surface area contributed by atoms with Gasteiger partial charge < -0.3 is 10.6 Å². The predicted molar refractivity (Wildman–Crippen MR) is 67.0 cm³/mol. The van der Waals surface area contributed by atoms with Crippen molar-refractivity contribution >= 4 is 27.4 Å². The minimum absolute atomic E-state index is 0.176. The second kappa shape index (κ2) is 3.67. The highest BCUT2D eigenvalue weighted by molar-refractivity contribution is 9.10. The summed E-state index contributed by atoms with van der Waals surface area (Å²) in [5.41, 5.74) is 6.91. The summed E-state index contributed by atoms with van der Waals surface area (Å²) in [4.78, 5) is 6.71. The van der Waals surface area contributed by atoms with Crippen LogP contribution in [0.3, 0.4) is 0 Å². The van der Waals surface area contributed by atoms with Gasteiger partial charge in [0, 0.05) is 22.8 Å². The maximum Gasteiger partial charge on any atom is 0.152 e. The van der Waals surface area contributed by atoms with Gasteiger partial charge in [0.1, 0.15) is 0 Å². The first kappa shape index (κ1) is 10.7. The van der Waals surface area contributed by atoms with Gasteiger partial charge in [0.25, 0.3) is 0 Å². The average molecular weight is 270 g/mol. The number of hydrogen-bond donors (Lipinski definition) is 1. The second-order valence-corrected chi connectivity index (χ2v) is 5.55. The zero-order chi connectivity index (χ0) is 11.1. The lowest BCUT2D eigenvalue weighted by Gasteiger charge is -2.33. The lowest BCUT2D eigenvalue weighted by atomic mass is 10.0. The number of aromatic nitrogens is 1. The van der Waals surface area contributed by atoms with Crippen LogP contribution in [0.5, 0.6) is 0 Å². The molecule has 1 aromatic heterocycles. The maximum atomic E-state index is 5.99. The van der Waals surface area contributed by atoms with Gasteiger partial charge in [0.05, 0.1) is 5.69 Å². The molecule has 2 rings (SSSR count). The smallest absolute Gasteiger partial charge is 0.152 e. The van der Waals surface area contributed by atoms with Gasteiger partial charge in [-0.25, -0.2) is 4.98 Å². The fourth-order valence-corrected chi connectivity index (χ4v) is 2.52. The topological polar surface area (TPSA) is 42.2 Å². The van der Waals surface area contributed by atoms with Gasteiger partial charge in [-0.05, 0) is 48.7 Å². The average Bonchev–Trinajstić information content (AvgIpc) is 2.46. The molecule has 15 heavy (non-hydrogen) atoms. The first-order chi connectivity index (χ1) is 7.00. The molecule has 1 aromatic rings. The second-order valence-electron chi connectivity index (χ2n) is 4.63. The Morgan fingerprint density at radius 1 is 1.53 bits per heavy atom. The molecule has 1 aliphatic rings. The molecule has 0 saturated carbocycles. The molecule has 3 nitrogen and oxygen atoms in total. The molecular formula is C11H16BrN3. The molecule has 1 fully saturated rings. The van der Waals surface area contributed by atoms with Crippen LogP contribution >= 0.6 is 15.9 Å². The third-order valence-corrected chi connectivity index (χ3v) is 3.45. The van der Waals surface area contributed by atoms with Crippen LogP contribution in [0, 0.1) is 0 Å². The number of nitrogens with zero attached hydrogens (tertiary/aromatic N) is 2. The standard InChI is InChI=1S/C11H16BrN3/c1-11(2)4-3-5-15(11)10-9(13)6-8(12)7-14-10/h6-7H,3-5,13H2,1-2H3. The van der Waals surface area contributed by atoms with Gasteiger partial charge in [-0.1, -0.05) is 0 Å². The van der Waals surface area contributed by atoms with Crippen LogP contribution < -0.4 is 10.6 Å². The zero-order valence-electron chi connectivity index (χ0n) is 9.13. The quantitative estimate of drug-likeness (QED) is 0.853. The van der Waals surface area contributed by atoms with Crippen LogP contribution in [0.1, 0.15) is 26.7 Å². The SMILES string of the molecule is CC1(C)CCCN1c1ncc(Br)cc1N. The molecule has 0 bridgehead atoms. The molecule has 0 atom stereocenters. The van der Waals surface area contributed by atoms with Gasteiger partial charge in [0.2, 0.25) is 0 Å². The van der Waals surface area contributed by atoms with E-state index in [1.807, 2.05) is 6.07 Å². The number of anilines is 2. The van der Waals surface area contributed by atoms with E-state index in [4.69, 9.17) is 5.73 Å². The molecule has 82 valence electrons. The summed E-state index contributed by atoms with van der Waals surface area (Å²) >= 11 is 3.37. The lowest BCUT2D eigenvalue weighted by Crippen LogP contribution is -2.39. The van der Waals surface area contributed by atoms with E-state index < -0.39 is 0 Å². The normalized spacial score (nSPS) is 19.5. The Kier molecular flexibility index (Phi) is 2.63. The van der Waals surface area contributed by atoms with E-state index in [0.29, 0.717) is 0 Å². The Morgan fingerprint density at radius 2 is 2.27 bits per heavy atom. The molecule has 0 unspecified atom stereocenters. The highest BCUT2D eigenvalue weighted by atomic mass is 79.9. The molecule has 0 radical (unpaired) electrons. The lowest BCUT2D eigenvalue weighted by molar-refractivity contribution is 0.515. The van der Waals surface area contributed by atoms with Crippen molar-refractivity contribution in [1.82, 2.24) is 4.98 Å². The summed E-state index contributed by atoms with van der Waals surface area (Å²) < 4.78 is 0.931. The minimum atomic E-state index is 0.176. The van der Waals surface area contributed by atoms with E-state index in [2.05, 4.69) is 39.7 Å². The Labute approximate surface area is 98.8 Å². The van der Waals surface area contributed by atoms with Crippen molar-refractivity contribution in [3.8, 4) is 0 Å². The fraction of sp³-hybridized carbons (Fsp3) is 0.545. The van der Waals surface area contributed by atoms with E-state index in [-0.39, 0.29) is 5.54 Å². The first-order valence-corrected chi connectivity index (χ1v) is 5.99. The number of nitrogens with two attached hydrogens (primary N) is 1. The third-order valence-electron chi connectivity index (χ3n) is 3.02. The van der Waals surface area contributed by atoms with Crippen molar-refractivity contribution in [2.24, 2.45) is 0 Å². The monoisotopic (exact) mass is 269 g/mol. The van der Waals surface area contributed by atoms with Crippen molar-refractivity contribution in [3.63, 3.8) is 0 Å². The summed E-state index contributed by atoms with van der Waals surface area (Å²) in [6.45, 7) is 5.53. The van der Waals surface area contributed by atoms with Gasteiger partial charge in [-0.2, -0.15) is 0 Å². The summed E-state index contributed by atoms with van der Waals surface area (Å²) in [6.07, 6.45) is 4.22. The van der Waals surface area contributed by atoms with E-state index in [9.17, 15) is 0 Å². The first-order valence-electron chi connectivity index (χ1n) is 5.19. The zero-order valence-corrected chi connectivity index (χ0v) is 10.7. The predicted octanol–water partition coefficient (Wildman–Crippen LogP) is 2.81. The maximum absolute atomic E-state index is 5.99. The van der Waals surface area contributed by atoms with Crippen molar-refractivity contribution in [1.29, 1.82) is 0 Å². The molecule has 4 heteroatoms. The number of rotatable bonds is 1. The van der Waals surface area contributed by atoms with Gasteiger partial charge in [0.15, 0.2) is 5.82 Å². The third kappa shape index (κ3) is 1.95. The minimum Gasteiger partial charge on any atom is -0.396 e.